The number of hydrogen-bond acceptors (Lipinski definition) is 2. The highest BCUT2D eigenvalue weighted by atomic mass is 19.1. The molecule has 0 aliphatic heterocycles. The molecular formula is C16H20FN3. The van der Waals surface area contributed by atoms with E-state index >= 15 is 0 Å². The first kappa shape index (κ1) is 13.3. The molecule has 1 aliphatic carbocycles. The lowest BCUT2D eigenvalue weighted by atomic mass is 9.75. The first-order chi connectivity index (χ1) is 9.72. The summed E-state index contributed by atoms with van der Waals surface area (Å²) in [6.07, 6.45) is 5.97. The molecule has 0 spiro atoms. The van der Waals surface area contributed by atoms with Gasteiger partial charge in [-0.2, -0.15) is 5.10 Å². The van der Waals surface area contributed by atoms with Crippen LogP contribution in [0.4, 0.5) is 4.39 Å². The fourth-order valence-corrected chi connectivity index (χ4v) is 2.82. The zero-order valence-electron chi connectivity index (χ0n) is 11.7. The van der Waals surface area contributed by atoms with E-state index in [2.05, 4.69) is 10.4 Å². The van der Waals surface area contributed by atoms with Gasteiger partial charge in [-0.05, 0) is 42.9 Å². The first-order valence-electron chi connectivity index (χ1n) is 7.19. The number of aromatic nitrogens is 2. The molecule has 1 N–H and O–H groups in total. The summed E-state index contributed by atoms with van der Waals surface area (Å²) in [4.78, 5) is 0. The second-order valence-corrected chi connectivity index (χ2v) is 5.62. The minimum absolute atomic E-state index is 0.0667. The average Bonchev–Trinajstić information content (AvgIpc) is 2.79. The predicted molar refractivity (Wildman–Crippen MR) is 77.1 cm³/mol. The molecule has 2 aromatic rings. The van der Waals surface area contributed by atoms with Gasteiger partial charge in [0.15, 0.2) is 0 Å². The molecule has 0 atom stereocenters. The maximum Gasteiger partial charge on any atom is 0.126 e. The fourth-order valence-electron chi connectivity index (χ4n) is 2.82. The highest BCUT2D eigenvalue weighted by molar-refractivity contribution is 5.24. The SMILES string of the molecule is Cc1cnn(CCNC2CC(c3ccccc3F)C2)c1. The van der Waals surface area contributed by atoms with Crippen LogP contribution in [-0.4, -0.2) is 22.4 Å². The maximum atomic E-state index is 13.6. The Morgan fingerprint density at radius 3 is 2.85 bits per heavy atom. The van der Waals surface area contributed by atoms with Crippen LogP contribution in [0.2, 0.25) is 0 Å². The molecule has 1 aromatic heterocycles. The van der Waals surface area contributed by atoms with Crippen molar-refractivity contribution >= 4 is 0 Å². The van der Waals surface area contributed by atoms with Crippen LogP contribution >= 0.6 is 0 Å². The number of halogens is 1. The minimum Gasteiger partial charge on any atom is -0.312 e. The number of rotatable bonds is 5. The quantitative estimate of drug-likeness (QED) is 0.908. The molecule has 4 heteroatoms. The van der Waals surface area contributed by atoms with Crippen molar-refractivity contribution in [2.45, 2.75) is 38.3 Å². The van der Waals surface area contributed by atoms with Gasteiger partial charge < -0.3 is 5.32 Å². The van der Waals surface area contributed by atoms with Crippen molar-refractivity contribution in [2.75, 3.05) is 6.54 Å². The Balaban J connectivity index is 1.41. The Hall–Kier alpha value is -1.68. The van der Waals surface area contributed by atoms with Gasteiger partial charge in [-0.3, -0.25) is 4.68 Å². The van der Waals surface area contributed by atoms with Crippen LogP contribution in [0.3, 0.4) is 0 Å². The molecule has 1 aliphatic rings. The highest BCUT2D eigenvalue weighted by Crippen LogP contribution is 2.37. The standard InChI is InChI=1S/C16H20FN3/c1-12-10-19-20(11-12)7-6-18-14-8-13(9-14)15-4-2-3-5-16(15)17/h2-5,10-11,13-14,18H,6-9H2,1H3. The molecule has 0 amide bonds. The average molecular weight is 273 g/mol. The van der Waals surface area contributed by atoms with Gasteiger partial charge in [0, 0.05) is 18.8 Å². The van der Waals surface area contributed by atoms with Crippen molar-refractivity contribution in [2.24, 2.45) is 0 Å². The highest BCUT2D eigenvalue weighted by Gasteiger charge is 2.31. The van der Waals surface area contributed by atoms with Gasteiger partial charge in [-0.1, -0.05) is 18.2 Å². The molecule has 1 saturated carbocycles. The monoisotopic (exact) mass is 273 g/mol. The Labute approximate surface area is 118 Å². The molecule has 0 saturated heterocycles. The van der Waals surface area contributed by atoms with E-state index in [1.165, 1.54) is 5.56 Å². The second kappa shape index (κ2) is 5.75. The van der Waals surface area contributed by atoms with Gasteiger partial charge in [0.05, 0.1) is 12.7 Å². The Kier molecular flexibility index (Phi) is 3.83. The summed E-state index contributed by atoms with van der Waals surface area (Å²) < 4.78 is 15.6. The molecule has 1 fully saturated rings. The lowest BCUT2D eigenvalue weighted by Gasteiger charge is -2.36. The summed E-state index contributed by atoms with van der Waals surface area (Å²) in [6.45, 7) is 3.84. The number of benzene rings is 1. The van der Waals surface area contributed by atoms with Gasteiger partial charge >= 0.3 is 0 Å². The molecule has 1 aromatic carbocycles. The largest absolute Gasteiger partial charge is 0.312 e. The molecule has 1 heterocycles. The third-order valence-electron chi connectivity index (χ3n) is 4.02. The van der Waals surface area contributed by atoms with Crippen molar-refractivity contribution in [3.8, 4) is 0 Å². The fraction of sp³-hybridized carbons (Fsp3) is 0.438. The maximum absolute atomic E-state index is 13.6. The molecule has 106 valence electrons. The number of nitrogens with zero attached hydrogens (tertiary/aromatic N) is 2. The van der Waals surface area contributed by atoms with E-state index in [4.69, 9.17) is 0 Å². The smallest absolute Gasteiger partial charge is 0.126 e. The summed E-state index contributed by atoms with van der Waals surface area (Å²) in [5, 5.41) is 7.77. The van der Waals surface area contributed by atoms with E-state index < -0.39 is 0 Å². The summed E-state index contributed by atoms with van der Waals surface area (Å²) in [5.41, 5.74) is 2.06. The summed E-state index contributed by atoms with van der Waals surface area (Å²) >= 11 is 0. The van der Waals surface area contributed by atoms with Crippen LogP contribution < -0.4 is 5.32 Å². The van der Waals surface area contributed by atoms with E-state index in [-0.39, 0.29) is 5.82 Å². The van der Waals surface area contributed by atoms with Crippen molar-refractivity contribution in [1.82, 2.24) is 15.1 Å². The first-order valence-corrected chi connectivity index (χ1v) is 7.19. The third kappa shape index (κ3) is 2.90. The molecule has 0 unspecified atom stereocenters. The van der Waals surface area contributed by atoms with Crippen LogP contribution in [0, 0.1) is 12.7 Å². The van der Waals surface area contributed by atoms with E-state index in [1.807, 2.05) is 36.1 Å². The van der Waals surface area contributed by atoms with Crippen molar-refractivity contribution in [1.29, 1.82) is 0 Å². The van der Waals surface area contributed by atoms with Gasteiger partial charge in [-0.15, -0.1) is 0 Å². The summed E-state index contributed by atoms with van der Waals surface area (Å²) in [7, 11) is 0. The van der Waals surface area contributed by atoms with Crippen LogP contribution in [0.1, 0.15) is 29.9 Å². The zero-order chi connectivity index (χ0) is 13.9. The Morgan fingerprint density at radius 1 is 1.35 bits per heavy atom. The Bertz CT molecular complexity index is 573. The van der Waals surface area contributed by atoms with Crippen molar-refractivity contribution < 1.29 is 4.39 Å². The molecule has 3 rings (SSSR count). The number of hydrogen-bond donors (Lipinski definition) is 1. The minimum atomic E-state index is -0.0667. The van der Waals surface area contributed by atoms with Crippen LogP contribution in [-0.2, 0) is 6.54 Å². The van der Waals surface area contributed by atoms with Crippen molar-refractivity contribution in [3.05, 3.63) is 53.6 Å². The topological polar surface area (TPSA) is 29.9 Å². The van der Waals surface area contributed by atoms with Crippen LogP contribution in [0.5, 0.6) is 0 Å². The predicted octanol–water partition coefficient (Wildman–Crippen LogP) is 2.87. The van der Waals surface area contributed by atoms with Gasteiger partial charge in [0.2, 0.25) is 0 Å². The van der Waals surface area contributed by atoms with Crippen molar-refractivity contribution in [3.63, 3.8) is 0 Å². The van der Waals surface area contributed by atoms with Crippen LogP contribution in [0.15, 0.2) is 36.7 Å². The Morgan fingerprint density at radius 2 is 2.15 bits per heavy atom. The van der Waals surface area contributed by atoms with E-state index in [1.54, 1.807) is 12.1 Å². The van der Waals surface area contributed by atoms with E-state index in [0.717, 1.165) is 31.5 Å². The van der Waals surface area contributed by atoms with E-state index in [0.29, 0.717) is 12.0 Å². The second-order valence-electron chi connectivity index (χ2n) is 5.62. The molecule has 0 bridgehead atoms. The molecule has 0 radical (unpaired) electrons. The van der Waals surface area contributed by atoms with Gasteiger partial charge in [0.25, 0.3) is 0 Å². The zero-order valence-corrected chi connectivity index (χ0v) is 11.7. The number of nitrogens with one attached hydrogen (secondary N) is 1. The number of aryl methyl sites for hydroxylation is 1. The summed E-state index contributed by atoms with van der Waals surface area (Å²) in [5.74, 6) is 0.309. The van der Waals surface area contributed by atoms with Crippen LogP contribution in [0.25, 0.3) is 0 Å². The molecular weight excluding hydrogens is 253 g/mol. The normalized spacial score (nSPS) is 21.7. The van der Waals surface area contributed by atoms with Gasteiger partial charge in [0.1, 0.15) is 5.82 Å². The third-order valence-corrected chi connectivity index (χ3v) is 4.02. The van der Waals surface area contributed by atoms with E-state index in [9.17, 15) is 4.39 Å². The lowest BCUT2D eigenvalue weighted by Crippen LogP contribution is -2.41. The molecule has 3 nitrogen and oxygen atoms in total. The molecule has 20 heavy (non-hydrogen) atoms. The lowest BCUT2D eigenvalue weighted by molar-refractivity contribution is 0.281. The van der Waals surface area contributed by atoms with Gasteiger partial charge in [-0.25, -0.2) is 4.39 Å². The summed E-state index contributed by atoms with van der Waals surface area (Å²) in [6, 6.07) is 7.63.